The molecule has 168 valence electrons. The molecule has 0 aliphatic carbocycles. The third-order valence-electron chi connectivity index (χ3n) is 4.67. The summed E-state index contributed by atoms with van der Waals surface area (Å²) in [5.41, 5.74) is -0.191. The molecule has 2 amide bonds. The van der Waals surface area contributed by atoms with E-state index in [2.05, 4.69) is 0 Å². The van der Waals surface area contributed by atoms with Crippen molar-refractivity contribution in [2.24, 2.45) is 0 Å². The van der Waals surface area contributed by atoms with Crippen molar-refractivity contribution in [2.75, 3.05) is 54.7 Å². The van der Waals surface area contributed by atoms with E-state index in [0.29, 0.717) is 42.4 Å². The molecule has 1 aliphatic heterocycles. The number of nitrogens with zero attached hydrogens (tertiary/aromatic N) is 2. The number of hydrogen-bond donors (Lipinski definition) is 0. The molecule has 1 heterocycles. The minimum Gasteiger partial charge on any atom is -0.493 e. The smallest absolute Gasteiger partial charge is 0.410 e. The summed E-state index contributed by atoms with van der Waals surface area (Å²) in [5, 5.41) is 0. The maximum absolute atomic E-state index is 13.2. The molecule has 0 radical (unpaired) electrons. The number of methoxy groups -OCH3 is 4. The molecule has 1 unspecified atom stereocenters. The maximum Gasteiger partial charge on any atom is 0.410 e. The first kappa shape index (κ1) is 23.6. The summed E-state index contributed by atoms with van der Waals surface area (Å²) in [4.78, 5) is 29.1. The Balaban J connectivity index is 2.23. The van der Waals surface area contributed by atoms with Crippen molar-refractivity contribution in [1.82, 2.24) is 9.80 Å². The van der Waals surface area contributed by atoms with Crippen molar-refractivity contribution in [3.05, 3.63) is 17.7 Å². The van der Waals surface area contributed by atoms with Gasteiger partial charge in [0.2, 0.25) is 5.75 Å². The highest BCUT2D eigenvalue weighted by molar-refractivity contribution is 5.96. The largest absolute Gasteiger partial charge is 0.493 e. The average Bonchev–Trinajstić information content (AvgIpc) is 2.70. The zero-order valence-electron chi connectivity index (χ0n) is 18.8. The van der Waals surface area contributed by atoms with Gasteiger partial charge in [0.05, 0.1) is 34.0 Å². The lowest BCUT2D eigenvalue weighted by atomic mass is 10.1. The Kier molecular flexibility index (Phi) is 7.77. The maximum atomic E-state index is 13.2. The first-order chi connectivity index (χ1) is 14.1. The highest BCUT2D eigenvalue weighted by atomic mass is 16.6. The van der Waals surface area contributed by atoms with Gasteiger partial charge in [-0.15, -0.1) is 0 Å². The van der Waals surface area contributed by atoms with E-state index in [9.17, 15) is 9.59 Å². The number of carbonyl (C=O) groups excluding carboxylic acids is 2. The number of benzene rings is 1. The second-order valence-electron chi connectivity index (χ2n) is 7.95. The fourth-order valence-electron chi connectivity index (χ4n) is 3.32. The van der Waals surface area contributed by atoms with Gasteiger partial charge in [-0.2, -0.15) is 0 Å². The molecule has 0 spiro atoms. The Hall–Kier alpha value is -2.68. The van der Waals surface area contributed by atoms with E-state index < -0.39 is 11.7 Å². The van der Waals surface area contributed by atoms with Crippen LogP contribution in [0.15, 0.2) is 12.1 Å². The summed E-state index contributed by atoms with van der Waals surface area (Å²) in [6.45, 7) is 6.79. The van der Waals surface area contributed by atoms with Crippen LogP contribution in [0.4, 0.5) is 4.79 Å². The first-order valence-corrected chi connectivity index (χ1v) is 9.73. The quantitative estimate of drug-likeness (QED) is 0.693. The molecule has 9 heteroatoms. The molecule has 1 aromatic carbocycles. The van der Waals surface area contributed by atoms with E-state index >= 15 is 0 Å². The molecule has 2 rings (SSSR count). The summed E-state index contributed by atoms with van der Waals surface area (Å²) in [7, 11) is 6.07. The molecule has 30 heavy (non-hydrogen) atoms. The lowest BCUT2D eigenvalue weighted by Gasteiger charge is -2.41. The molecule has 0 bridgehead atoms. The Morgan fingerprint density at radius 3 is 2.07 bits per heavy atom. The highest BCUT2D eigenvalue weighted by Crippen LogP contribution is 2.38. The number of rotatable bonds is 6. The fourth-order valence-corrected chi connectivity index (χ4v) is 3.32. The Morgan fingerprint density at radius 1 is 1.00 bits per heavy atom. The molecule has 1 aromatic rings. The fraction of sp³-hybridized carbons (Fsp3) is 0.619. The van der Waals surface area contributed by atoms with Crippen LogP contribution < -0.4 is 14.2 Å². The van der Waals surface area contributed by atoms with Crippen LogP contribution in [-0.2, 0) is 9.47 Å². The molecule has 0 aromatic heterocycles. The van der Waals surface area contributed by atoms with Crippen LogP contribution >= 0.6 is 0 Å². The second-order valence-corrected chi connectivity index (χ2v) is 7.95. The van der Waals surface area contributed by atoms with Crippen LogP contribution in [0.25, 0.3) is 0 Å². The number of hydrogen-bond acceptors (Lipinski definition) is 7. The summed E-state index contributed by atoms with van der Waals surface area (Å²) < 4.78 is 26.8. The summed E-state index contributed by atoms with van der Waals surface area (Å²) in [5.74, 6) is 1.03. The number of amides is 2. The van der Waals surface area contributed by atoms with E-state index in [4.69, 9.17) is 23.7 Å². The molecule has 1 fully saturated rings. The molecular formula is C21H32N2O7. The van der Waals surface area contributed by atoms with Crippen molar-refractivity contribution in [3.8, 4) is 17.2 Å². The lowest BCUT2D eigenvalue weighted by molar-refractivity contribution is -0.0142. The van der Waals surface area contributed by atoms with Crippen molar-refractivity contribution >= 4 is 12.0 Å². The SMILES string of the molecule is COCC1CN(C(=O)c2cc(OC)c(OC)c(OC)c2)CCN1C(=O)OC(C)(C)C. The normalized spacial score (nSPS) is 16.8. The van der Waals surface area contributed by atoms with Crippen LogP contribution in [0.1, 0.15) is 31.1 Å². The van der Waals surface area contributed by atoms with Crippen molar-refractivity contribution in [3.63, 3.8) is 0 Å². The van der Waals surface area contributed by atoms with E-state index in [1.165, 1.54) is 21.3 Å². The molecular weight excluding hydrogens is 392 g/mol. The number of ether oxygens (including phenoxy) is 5. The predicted molar refractivity (Wildman–Crippen MR) is 111 cm³/mol. The van der Waals surface area contributed by atoms with Crippen LogP contribution in [-0.4, -0.2) is 88.1 Å². The standard InChI is InChI=1S/C21H32N2O7/c1-21(2,3)30-20(25)23-9-8-22(12-15(23)13-26-4)19(24)14-10-16(27-5)18(29-7)17(11-14)28-6/h10-11,15H,8-9,12-13H2,1-7H3. The van der Waals surface area contributed by atoms with E-state index in [-0.39, 0.29) is 18.6 Å². The van der Waals surface area contributed by atoms with Crippen LogP contribution in [0.2, 0.25) is 0 Å². The third-order valence-corrected chi connectivity index (χ3v) is 4.67. The van der Waals surface area contributed by atoms with Gasteiger partial charge in [0.1, 0.15) is 5.60 Å². The predicted octanol–water partition coefficient (Wildman–Crippen LogP) is 2.42. The zero-order chi connectivity index (χ0) is 22.5. The highest BCUT2D eigenvalue weighted by Gasteiger charge is 2.35. The zero-order valence-corrected chi connectivity index (χ0v) is 18.8. The van der Waals surface area contributed by atoms with Gasteiger partial charge in [0, 0.05) is 32.3 Å². The lowest BCUT2D eigenvalue weighted by Crippen LogP contribution is -2.58. The van der Waals surface area contributed by atoms with Gasteiger partial charge in [-0.25, -0.2) is 4.79 Å². The molecule has 9 nitrogen and oxygen atoms in total. The topological polar surface area (TPSA) is 86.8 Å². The summed E-state index contributed by atoms with van der Waals surface area (Å²) in [6, 6.07) is 2.93. The minimum atomic E-state index is -0.599. The van der Waals surface area contributed by atoms with E-state index in [1.54, 1.807) is 29.0 Å². The minimum absolute atomic E-state index is 0.195. The first-order valence-electron chi connectivity index (χ1n) is 9.73. The van der Waals surface area contributed by atoms with E-state index in [0.717, 1.165) is 0 Å². The van der Waals surface area contributed by atoms with Gasteiger partial charge >= 0.3 is 6.09 Å². The molecule has 1 aliphatic rings. The number of piperazine rings is 1. The Labute approximate surface area is 177 Å². The van der Waals surface area contributed by atoms with E-state index in [1.807, 2.05) is 20.8 Å². The second kappa shape index (κ2) is 9.88. The summed E-state index contributed by atoms with van der Waals surface area (Å²) in [6.07, 6.45) is -0.413. The number of carbonyl (C=O) groups is 2. The Bertz CT molecular complexity index is 735. The van der Waals surface area contributed by atoms with Crippen LogP contribution in [0, 0.1) is 0 Å². The van der Waals surface area contributed by atoms with Gasteiger partial charge < -0.3 is 28.6 Å². The summed E-state index contributed by atoms with van der Waals surface area (Å²) >= 11 is 0. The monoisotopic (exact) mass is 424 g/mol. The van der Waals surface area contributed by atoms with Crippen molar-refractivity contribution in [2.45, 2.75) is 32.4 Å². The molecule has 0 saturated carbocycles. The molecule has 1 saturated heterocycles. The van der Waals surface area contributed by atoms with Crippen molar-refractivity contribution in [1.29, 1.82) is 0 Å². The third kappa shape index (κ3) is 5.47. The van der Waals surface area contributed by atoms with Gasteiger partial charge in [-0.3, -0.25) is 9.69 Å². The van der Waals surface area contributed by atoms with Gasteiger partial charge in [0.25, 0.3) is 5.91 Å². The molecule has 1 atom stereocenters. The van der Waals surface area contributed by atoms with Gasteiger partial charge in [-0.05, 0) is 32.9 Å². The Morgan fingerprint density at radius 2 is 1.60 bits per heavy atom. The van der Waals surface area contributed by atoms with Crippen LogP contribution in [0.3, 0.4) is 0 Å². The average molecular weight is 424 g/mol. The van der Waals surface area contributed by atoms with Gasteiger partial charge in [-0.1, -0.05) is 0 Å². The van der Waals surface area contributed by atoms with Gasteiger partial charge in [0.15, 0.2) is 11.5 Å². The molecule has 0 N–H and O–H groups in total. The van der Waals surface area contributed by atoms with Crippen molar-refractivity contribution < 1.29 is 33.3 Å². The van der Waals surface area contributed by atoms with Crippen LogP contribution in [0.5, 0.6) is 17.2 Å².